The molecule has 1 heterocycles. The van der Waals surface area contributed by atoms with Crippen LogP contribution in [0.1, 0.15) is 13.8 Å². The van der Waals surface area contributed by atoms with Crippen molar-refractivity contribution in [3.05, 3.63) is 0 Å². The Morgan fingerprint density at radius 2 is 2.08 bits per heavy atom. The molecule has 0 bridgehead atoms. The van der Waals surface area contributed by atoms with E-state index >= 15 is 0 Å². The first-order valence-corrected chi connectivity index (χ1v) is 4.36. The summed E-state index contributed by atoms with van der Waals surface area (Å²) in [6, 6.07) is 0. The van der Waals surface area contributed by atoms with Gasteiger partial charge in [-0.05, 0) is 6.92 Å². The summed E-state index contributed by atoms with van der Waals surface area (Å²) in [7, 11) is 0. The Labute approximate surface area is 73.1 Å². The second-order valence-electron chi connectivity index (χ2n) is 2.97. The number of hydrogen-bond donors (Lipinski definition) is 1. The summed E-state index contributed by atoms with van der Waals surface area (Å²) in [5.41, 5.74) is 0. The molecular weight excluding hydrogens is 158 g/mol. The molecule has 0 spiro atoms. The molecule has 0 aliphatic carbocycles. The van der Waals surface area contributed by atoms with Crippen LogP contribution in [0, 0.1) is 0 Å². The first kappa shape index (κ1) is 9.92. The van der Waals surface area contributed by atoms with E-state index in [1.807, 2.05) is 11.8 Å². The standard InChI is InChI=1S/C8H17NO3/c1-3-12-8(2,10)9-4-6-11-7-5-9/h10H,3-7H2,1-2H3. The van der Waals surface area contributed by atoms with Crippen LogP contribution in [-0.2, 0) is 9.47 Å². The number of ether oxygens (including phenoxy) is 2. The molecule has 0 amide bonds. The first-order chi connectivity index (χ1) is 5.67. The highest BCUT2D eigenvalue weighted by Crippen LogP contribution is 2.14. The molecule has 1 saturated heterocycles. The largest absolute Gasteiger partial charge is 0.379 e. The zero-order valence-corrected chi connectivity index (χ0v) is 7.75. The minimum Gasteiger partial charge on any atom is -0.379 e. The number of hydrogen-bond acceptors (Lipinski definition) is 4. The van der Waals surface area contributed by atoms with Crippen LogP contribution in [0.15, 0.2) is 0 Å². The Morgan fingerprint density at radius 3 is 2.58 bits per heavy atom. The summed E-state index contributed by atoms with van der Waals surface area (Å²) in [6.45, 7) is 6.85. The van der Waals surface area contributed by atoms with E-state index in [9.17, 15) is 5.11 Å². The third kappa shape index (κ3) is 2.42. The molecule has 1 N–H and O–H groups in total. The summed E-state index contributed by atoms with van der Waals surface area (Å²) >= 11 is 0. The molecule has 4 nitrogen and oxygen atoms in total. The average molecular weight is 175 g/mol. The third-order valence-electron chi connectivity index (χ3n) is 2.02. The quantitative estimate of drug-likeness (QED) is 0.614. The van der Waals surface area contributed by atoms with Gasteiger partial charge in [0.2, 0.25) is 5.91 Å². The number of morpholine rings is 1. The molecule has 4 heteroatoms. The van der Waals surface area contributed by atoms with Crippen LogP contribution in [0.5, 0.6) is 0 Å². The van der Waals surface area contributed by atoms with Crippen molar-refractivity contribution in [2.45, 2.75) is 19.8 Å². The van der Waals surface area contributed by atoms with E-state index < -0.39 is 5.91 Å². The van der Waals surface area contributed by atoms with E-state index in [0.29, 0.717) is 19.8 Å². The van der Waals surface area contributed by atoms with Gasteiger partial charge in [0.05, 0.1) is 13.2 Å². The molecule has 1 atom stereocenters. The maximum absolute atomic E-state index is 9.79. The second kappa shape index (κ2) is 4.18. The Kier molecular flexibility index (Phi) is 3.46. The molecule has 1 aliphatic rings. The van der Waals surface area contributed by atoms with E-state index in [1.54, 1.807) is 6.92 Å². The van der Waals surface area contributed by atoms with Crippen molar-refractivity contribution < 1.29 is 14.6 Å². The second-order valence-corrected chi connectivity index (χ2v) is 2.97. The van der Waals surface area contributed by atoms with Gasteiger partial charge >= 0.3 is 0 Å². The van der Waals surface area contributed by atoms with Crippen molar-refractivity contribution in [3.63, 3.8) is 0 Å². The lowest BCUT2D eigenvalue weighted by molar-refractivity contribution is -0.289. The van der Waals surface area contributed by atoms with Gasteiger partial charge in [-0.3, -0.25) is 0 Å². The fourth-order valence-corrected chi connectivity index (χ4v) is 1.34. The average Bonchev–Trinajstić information content (AvgIpc) is 2.06. The van der Waals surface area contributed by atoms with Crippen LogP contribution in [0.3, 0.4) is 0 Å². The van der Waals surface area contributed by atoms with Crippen LogP contribution >= 0.6 is 0 Å². The maximum atomic E-state index is 9.79. The lowest BCUT2D eigenvalue weighted by atomic mass is 10.3. The molecule has 1 rings (SSSR count). The number of aliphatic hydroxyl groups is 1. The molecule has 0 saturated carbocycles. The van der Waals surface area contributed by atoms with Gasteiger partial charge in [0.15, 0.2) is 0 Å². The smallest absolute Gasteiger partial charge is 0.224 e. The van der Waals surface area contributed by atoms with Crippen molar-refractivity contribution in [2.75, 3.05) is 32.9 Å². The van der Waals surface area contributed by atoms with Gasteiger partial charge in [0, 0.05) is 26.6 Å². The van der Waals surface area contributed by atoms with Gasteiger partial charge < -0.3 is 14.6 Å². The van der Waals surface area contributed by atoms with Crippen molar-refractivity contribution >= 4 is 0 Å². The Morgan fingerprint density at radius 1 is 1.50 bits per heavy atom. The van der Waals surface area contributed by atoms with Crippen molar-refractivity contribution in [1.29, 1.82) is 0 Å². The molecular formula is C8H17NO3. The van der Waals surface area contributed by atoms with Gasteiger partial charge in [-0.15, -0.1) is 0 Å². The predicted molar refractivity (Wildman–Crippen MR) is 44.6 cm³/mol. The zero-order valence-electron chi connectivity index (χ0n) is 7.75. The summed E-state index contributed by atoms with van der Waals surface area (Å²) in [5, 5.41) is 9.79. The zero-order chi connectivity index (χ0) is 9.03. The monoisotopic (exact) mass is 175 g/mol. The maximum Gasteiger partial charge on any atom is 0.224 e. The van der Waals surface area contributed by atoms with Crippen LogP contribution in [0.4, 0.5) is 0 Å². The Hall–Kier alpha value is -0.160. The van der Waals surface area contributed by atoms with Crippen molar-refractivity contribution in [2.24, 2.45) is 0 Å². The lowest BCUT2D eigenvalue weighted by Gasteiger charge is -2.38. The molecule has 1 unspecified atom stereocenters. The minimum absolute atomic E-state index is 0.518. The van der Waals surface area contributed by atoms with E-state index in [0.717, 1.165) is 13.1 Å². The van der Waals surface area contributed by atoms with Gasteiger partial charge in [-0.1, -0.05) is 0 Å². The molecule has 0 aromatic heterocycles. The van der Waals surface area contributed by atoms with E-state index in [4.69, 9.17) is 9.47 Å². The van der Waals surface area contributed by atoms with Gasteiger partial charge in [0.25, 0.3) is 0 Å². The molecule has 72 valence electrons. The third-order valence-corrected chi connectivity index (χ3v) is 2.02. The van der Waals surface area contributed by atoms with E-state index in [-0.39, 0.29) is 0 Å². The molecule has 0 radical (unpaired) electrons. The highest BCUT2D eigenvalue weighted by molar-refractivity contribution is 4.68. The van der Waals surface area contributed by atoms with Gasteiger partial charge in [-0.2, -0.15) is 0 Å². The summed E-state index contributed by atoms with van der Waals surface area (Å²) in [4.78, 5) is 1.88. The van der Waals surface area contributed by atoms with E-state index in [2.05, 4.69) is 0 Å². The first-order valence-electron chi connectivity index (χ1n) is 4.36. The summed E-state index contributed by atoms with van der Waals surface area (Å²) in [6.07, 6.45) is 0. The van der Waals surface area contributed by atoms with Gasteiger partial charge in [-0.25, -0.2) is 4.90 Å². The molecule has 0 aromatic carbocycles. The molecule has 1 fully saturated rings. The number of rotatable bonds is 3. The minimum atomic E-state index is -1.13. The van der Waals surface area contributed by atoms with Crippen LogP contribution in [0.2, 0.25) is 0 Å². The normalized spacial score (nSPS) is 25.2. The Balaban J connectivity index is 2.41. The highest BCUT2D eigenvalue weighted by atomic mass is 16.6. The molecule has 12 heavy (non-hydrogen) atoms. The lowest BCUT2D eigenvalue weighted by Crippen LogP contribution is -2.53. The Bertz CT molecular complexity index is 132. The van der Waals surface area contributed by atoms with Crippen molar-refractivity contribution in [3.8, 4) is 0 Å². The van der Waals surface area contributed by atoms with Crippen LogP contribution < -0.4 is 0 Å². The topological polar surface area (TPSA) is 41.9 Å². The highest BCUT2D eigenvalue weighted by Gasteiger charge is 2.30. The SMILES string of the molecule is CCOC(C)(O)N1CCOCC1. The summed E-state index contributed by atoms with van der Waals surface area (Å²) in [5.74, 6) is -1.13. The van der Waals surface area contributed by atoms with E-state index in [1.165, 1.54) is 0 Å². The molecule has 1 aliphatic heterocycles. The predicted octanol–water partition coefficient (Wildman–Crippen LogP) is 0.0211. The molecule has 0 aromatic rings. The fraction of sp³-hybridized carbons (Fsp3) is 1.00. The fourth-order valence-electron chi connectivity index (χ4n) is 1.34. The van der Waals surface area contributed by atoms with Crippen molar-refractivity contribution in [1.82, 2.24) is 4.90 Å². The van der Waals surface area contributed by atoms with Crippen LogP contribution in [-0.4, -0.2) is 48.8 Å². The summed E-state index contributed by atoms with van der Waals surface area (Å²) < 4.78 is 10.4. The van der Waals surface area contributed by atoms with Gasteiger partial charge in [0.1, 0.15) is 0 Å². The number of nitrogens with zero attached hydrogens (tertiary/aromatic N) is 1. The van der Waals surface area contributed by atoms with Crippen LogP contribution in [0.25, 0.3) is 0 Å².